The van der Waals surface area contributed by atoms with Crippen molar-refractivity contribution in [2.24, 2.45) is 0 Å². The van der Waals surface area contributed by atoms with Crippen molar-refractivity contribution >= 4 is 60.2 Å². The number of halogens is 3. The van der Waals surface area contributed by atoms with E-state index in [0.29, 0.717) is 20.2 Å². The summed E-state index contributed by atoms with van der Waals surface area (Å²) in [7, 11) is 0. The van der Waals surface area contributed by atoms with E-state index in [-0.39, 0.29) is 11.0 Å². The van der Waals surface area contributed by atoms with Gasteiger partial charge in [0.05, 0.1) is 0 Å². The molecule has 2 heterocycles. The Hall–Kier alpha value is -1.31. The molecule has 1 aromatic carbocycles. The topological polar surface area (TPSA) is 50.7 Å². The van der Waals surface area contributed by atoms with Crippen LogP contribution >= 0.6 is 38.9 Å². The van der Waals surface area contributed by atoms with Crippen molar-refractivity contribution in [1.82, 2.24) is 15.0 Å². The molecule has 0 aliphatic carbocycles. The number of fused-ring (bicyclic) bond motifs is 1. The molecule has 3 aromatic rings. The van der Waals surface area contributed by atoms with E-state index in [2.05, 4.69) is 36.2 Å². The van der Waals surface area contributed by atoms with Crippen molar-refractivity contribution in [3.63, 3.8) is 0 Å². The molecule has 0 aliphatic heterocycles. The monoisotopic (exact) mass is 358 g/mol. The quantitative estimate of drug-likeness (QED) is 0.737. The number of benzene rings is 1. The lowest BCUT2D eigenvalue weighted by atomic mass is 10.3. The van der Waals surface area contributed by atoms with E-state index in [1.165, 1.54) is 23.5 Å². The summed E-state index contributed by atoms with van der Waals surface area (Å²) >= 11 is 10.4. The van der Waals surface area contributed by atoms with Crippen LogP contribution in [0, 0.1) is 5.82 Å². The zero-order valence-electron chi connectivity index (χ0n) is 9.19. The minimum atomic E-state index is -0.283. The fourth-order valence-corrected chi connectivity index (χ4v) is 2.74. The summed E-state index contributed by atoms with van der Waals surface area (Å²) in [6, 6.07) is 6.01. The van der Waals surface area contributed by atoms with Gasteiger partial charge in [-0.25, -0.2) is 14.4 Å². The Bertz CT molecular complexity index is 707. The first kappa shape index (κ1) is 12.7. The minimum absolute atomic E-state index is 0.270. The van der Waals surface area contributed by atoms with Crippen molar-refractivity contribution in [3.05, 3.63) is 39.8 Å². The Kier molecular flexibility index (Phi) is 3.34. The van der Waals surface area contributed by atoms with Crippen molar-refractivity contribution < 1.29 is 4.39 Å². The third-order valence-corrected chi connectivity index (χ3v) is 4.16. The number of hydrogen-bond acceptors (Lipinski definition) is 5. The number of nitrogens with one attached hydrogen (secondary N) is 1. The van der Waals surface area contributed by atoms with Gasteiger partial charge < -0.3 is 5.32 Å². The van der Waals surface area contributed by atoms with Gasteiger partial charge in [-0.2, -0.15) is 4.98 Å². The van der Waals surface area contributed by atoms with Gasteiger partial charge in [0.2, 0.25) is 0 Å². The fraction of sp³-hybridized carbons (Fsp3) is 0. The average Bonchev–Trinajstić information content (AvgIpc) is 2.74. The molecule has 0 fully saturated rings. The second-order valence-electron chi connectivity index (χ2n) is 3.58. The summed E-state index contributed by atoms with van der Waals surface area (Å²) < 4.78 is 13.3. The highest BCUT2D eigenvalue weighted by molar-refractivity contribution is 9.10. The van der Waals surface area contributed by atoms with Gasteiger partial charge in [0, 0.05) is 5.69 Å². The lowest BCUT2D eigenvalue weighted by Gasteiger charge is -2.00. The molecule has 0 spiro atoms. The van der Waals surface area contributed by atoms with Crippen molar-refractivity contribution in [3.8, 4) is 0 Å². The lowest BCUT2D eigenvalue weighted by Crippen LogP contribution is -1.89. The first-order chi connectivity index (χ1) is 9.11. The second kappa shape index (κ2) is 4.99. The molecule has 3 rings (SSSR count). The largest absolute Gasteiger partial charge is 0.331 e. The first-order valence-corrected chi connectivity index (χ1v) is 7.13. The third-order valence-electron chi connectivity index (χ3n) is 2.26. The summed E-state index contributed by atoms with van der Waals surface area (Å²) in [6.07, 6.45) is 0. The van der Waals surface area contributed by atoms with Crippen LogP contribution in [-0.2, 0) is 0 Å². The third kappa shape index (κ3) is 2.68. The number of rotatable bonds is 2. The minimum Gasteiger partial charge on any atom is -0.331 e. The molecule has 0 saturated carbocycles. The summed E-state index contributed by atoms with van der Waals surface area (Å²) in [4.78, 5) is 13.3. The van der Waals surface area contributed by atoms with E-state index in [1.807, 2.05) is 0 Å². The van der Waals surface area contributed by atoms with Crippen LogP contribution in [0.4, 0.5) is 15.2 Å². The zero-order valence-corrected chi connectivity index (χ0v) is 12.4. The predicted molar refractivity (Wildman–Crippen MR) is 77.6 cm³/mol. The lowest BCUT2D eigenvalue weighted by molar-refractivity contribution is 0.628. The smallest absolute Gasteiger partial charge is 0.193 e. The fourth-order valence-electron chi connectivity index (χ4n) is 1.43. The second-order valence-corrected chi connectivity index (χ2v) is 5.67. The number of hydrogen-bond donors (Lipinski definition) is 1. The molecule has 0 unspecified atom stereocenters. The van der Waals surface area contributed by atoms with E-state index < -0.39 is 0 Å². The average molecular weight is 360 g/mol. The molecule has 0 atom stereocenters. The van der Waals surface area contributed by atoms with Gasteiger partial charge in [-0.05, 0) is 40.2 Å². The highest BCUT2D eigenvalue weighted by atomic mass is 79.9. The molecule has 8 heteroatoms. The summed E-state index contributed by atoms with van der Waals surface area (Å²) in [5.74, 6) is -0.283. The molecule has 19 heavy (non-hydrogen) atoms. The van der Waals surface area contributed by atoms with E-state index in [1.54, 1.807) is 12.1 Å². The standard InChI is InChI=1S/C11H5BrClFN4S/c12-7-8(13)17-9-10(16-7)19-11(18-9)15-6-3-1-5(14)2-4-6/h1-4H,(H,15,17,18). The van der Waals surface area contributed by atoms with Crippen LogP contribution in [0.2, 0.25) is 5.15 Å². The van der Waals surface area contributed by atoms with Crippen LogP contribution in [0.15, 0.2) is 28.9 Å². The Morgan fingerprint density at radius 3 is 2.63 bits per heavy atom. The molecule has 0 saturated heterocycles. The van der Waals surface area contributed by atoms with E-state index >= 15 is 0 Å². The summed E-state index contributed by atoms with van der Waals surface area (Å²) in [5.41, 5.74) is 1.22. The summed E-state index contributed by atoms with van der Waals surface area (Å²) in [5, 5.41) is 3.95. The zero-order chi connectivity index (χ0) is 13.4. The molecule has 0 radical (unpaired) electrons. The van der Waals surface area contributed by atoms with Gasteiger partial charge >= 0.3 is 0 Å². The van der Waals surface area contributed by atoms with E-state index in [0.717, 1.165) is 5.69 Å². The molecular formula is C11H5BrClFN4S. The highest BCUT2D eigenvalue weighted by Crippen LogP contribution is 2.29. The number of thiazole rings is 1. The number of aromatic nitrogens is 3. The van der Waals surface area contributed by atoms with Gasteiger partial charge in [0.15, 0.2) is 20.8 Å². The van der Waals surface area contributed by atoms with Crippen LogP contribution in [0.1, 0.15) is 0 Å². The highest BCUT2D eigenvalue weighted by Gasteiger charge is 2.10. The number of nitrogens with zero attached hydrogens (tertiary/aromatic N) is 3. The molecule has 0 amide bonds. The SMILES string of the molecule is Fc1ccc(Nc2nc3nc(Cl)c(Br)nc3s2)cc1. The predicted octanol–water partition coefficient (Wildman–Crippen LogP) is 4.38. The maximum absolute atomic E-state index is 12.8. The van der Waals surface area contributed by atoms with E-state index in [4.69, 9.17) is 11.6 Å². The van der Waals surface area contributed by atoms with Gasteiger partial charge in [-0.15, -0.1) is 0 Å². The molecule has 0 aliphatic rings. The Morgan fingerprint density at radius 2 is 1.89 bits per heavy atom. The maximum Gasteiger partial charge on any atom is 0.193 e. The van der Waals surface area contributed by atoms with Gasteiger partial charge in [0.25, 0.3) is 0 Å². The molecule has 4 nitrogen and oxygen atoms in total. The number of anilines is 2. The van der Waals surface area contributed by atoms with Gasteiger partial charge in [-0.1, -0.05) is 22.9 Å². The van der Waals surface area contributed by atoms with Gasteiger partial charge in [-0.3, -0.25) is 0 Å². The van der Waals surface area contributed by atoms with Crippen LogP contribution < -0.4 is 5.32 Å². The first-order valence-electron chi connectivity index (χ1n) is 5.14. The molecule has 1 N–H and O–H groups in total. The van der Waals surface area contributed by atoms with Crippen LogP contribution in [0.5, 0.6) is 0 Å². The Labute approximate surface area is 124 Å². The Morgan fingerprint density at radius 1 is 1.16 bits per heavy atom. The maximum atomic E-state index is 12.8. The van der Waals surface area contributed by atoms with Crippen LogP contribution in [0.3, 0.4) is 0 Å². The molecular weight excluding hydrogens is 355 g/mol. The van der Waals surface area contributed by atoms with Crippen LogP contribution in [0.25, 0.3) is 10.5 Å². The normalized spacial score (nSPS) is 10.9. The van der Waals surface area contributed by atoms with E-state index in [9.17, 15) is 4.39 Å². The van der Waals surface area contributed by atoms with Crippen molar-refractivity contribution in [1.29, 1.82) is 0 Å². The van der Waals surface area contributed by atoms with Crippen molar-refractivity contribution in [2.75, 3.05) is 5.32 Å². The Balaban J connectivity index is 1.95. The summed E-state index contributed by atoms with van der Waals surface area (Å²) in [6.45, 7) is 0. The van der Waals surface area contributed by atoms with Crippen molar-refractivity contribution in [2.45, 2.75) is 0 Å². The van der Waals surface area contributed by atoms with Gasteiger partial charge in [0.1, 0.15) is 10.4 Å². The molecule has 0 bridgehead atoms. The van der Waals surface area contributed by atoms with Crippen LogP contribution in [-0.4, -0.2) is 15.0 Å². The molecule has 2 aromatic heterocycles. The molecule has 96 valence electrons.